The SMILES string of the molecule is CC1CC(NC(C)c2cnccn2)CCO1. The molecule has 0 amide bonds. The highest BCUT2D eigenvalue weighted by Crippen LogP contribution is 2.17. The van der Waals surface area contributed by atoms with Gasteiger partial charge < -0.3 is 10.1 Å². The molecular formula is C12H19N3O. The summed E-state index contributed by atoms with van der Waals surface area (Å²) < 4.78 is 5.53. The van der Waals surface area contributed by atoms with Gasteiger partial charge in [0.15, 0.2) is 0 Å². The number of nitrogens with zero attached hydrogens (tertiary/aromatic N) is 2. The van der Waals surface area contributed by atoms with E-state index in [2.05, 4.69) is 29.1 Å². The highest BCUT2D eigenvalue weighted by Gasteiger charge is 2.21. The minimum atomic E-state index is 0.254. The molecular weight excluding hydrogens is 202 g/mol. The van der Waals surface area contributed by atoms with Crippen molar-refractivity contribution in [3.8, 4) is 0 Å². The van der Waals surface area contributed by atoms with Crippen molar-refractivity contribution >= 4 is 0 Å². The zero-order chi connectivity index (χ0) is 11.4. The maximum atomic E-state index is 5.53. The summed E-state index contributed by atoms with van der Waals surface area (Å²) in [5.74, 6) is 0. The summed E-state index contributed by atoms with van der Waals surface area (Å²) in [6.45, 7) is 5.11. The van der Waals surface area contributed by atoms with Crippen molar-refractivity contribution in [2.24, 2.45) is 0 Å². The van der Waals surface area contributed by atoms with Gasteiger partial charge in [0.1, 0.15) is 0 Å². The van der Waals surface area contributed by atoms with Crippen LogP contribution in [0.5, 0.6) is 0 Å². The van der Waals surface area contributed by atoms with E-state index < -0.39 is 0 Å². The minimum absolute atomic E-state index is 0.254. The second-order valence-corrected chi connectivity index (χ2v) is 4.42. The summed E-state index contributed by atoms with van der Waals surface area (Å²) in [4.78, 5) is 8.39. The second kappa shape index (κ2) is 5.37. The van der Waals surface area contributed by atoms with Crippen molar-refractivity contribution < 1.29 is 4.74 Å². The van der Waals surface area contributed by atoms with Crippen molar-refractivity contribution in [1.82, 2.24) is 15.3 Å². The number of rotatable bonds is 3. The highest BCUT2D eigenvalue weighted by atomic mass is 16.5. The van der Waals surface area contributed by atoms with E-state index >= 15 is 0 Å². The van der Waals surface area contributed by atoms with Gasteiger partial charge in [0.05, 0.1) is 11.8 Å². The summed E-state index contributed by atoms with van der Waals surface area (Å²) in [6.07, 6.45) is 7.77. The van der Waals surface area contributed by atoms with Gasteiger partial charge in [-0.3, -0.25) is 9.97 Å². The Balaban J connectivity index is 1.89. The quantitative estimate of drug-likeness (QED) is 0.844. The molecule has 1 N–H and O–H groups in total. The van der Waals surface area contributed by atoms with Crippen molar-refractivity contribution in [1.29, 1.82) is 0 Å². The van der Waals surface area contributed by atoms with Gasteiger partial charge >= 0.3 is 0 Å². The third-order valence-electron chi connectivity index (χ3n) is 3.00. The van der Waals surface area contributed by atoms with Gasteiger partial charge in [-0.15, -0.1) is 0 Å². The van der Waals surface area contributed by atoms with E-state index in [1.807, 2.05) is 6.20 Å². The van der Waals surface area contributed by atoms with E-state index in [4.69, 9.17) is 4.74 Å². The molecule has 0 spiro atoms. The average molecular weight is 221 g/mol. The molecule has 1 aliphatic rings. The number of aromatic nitrogens is 2. The van der Waals surface area contributed by atoms with Gasteiger partial charge in [0, 0.05) is 37.3 Å². The van der Waals surface area contributed by atoms with Crippen LogP contribution < -0.4 is 5.32 Å². The summed E-state index contributed by atoms with van der Waals surface area (Å²) in [5, 5.41) is 3.58. The molecule has 1 fully saturated rings. The molecule has 4 heteroatoms. The summed E-state index contributed by atoms with van der Waals surface area (Å²) >= 11 is 0. The monoisotopic (exact) mass is 221 g/mol. The molecule has 0 aliphatic carbocycles. The van der Waals surface area contributed by atoms with E-state index in [0.29, 0.717) is 12.1 Å². The van der Waals surface area contributed by atoms with Crippen LogP contribution >= 0.6 is 0 Å². The van der Waals surface area contributed by atoms with Crippen LogP contribution in [-0.2, 0) is 4.74 Å². The predicted octanol–water partition coefficient (Wildman–Crippen LogP) is 1.69. The lowest BCUT2D eigenvalue weighted by Crippen LogP contribution is -2.39. The molecule has 1 aromatic heterocycles. The Morgan fingerprint density at radius 1 is 1.50 bits per heavy atom. The maximum Gasteiger partial charge on any atom is 0.0753 e. The molecule has 3 atom stereocenters. The van der Waals surface area contributed by atoms with Gasteiger partial charge in [-0.05, 0) is 26.7 Å². The molecule has 0 bridgehead atoms. The van der Waals surface area contributed by atoms with Crippen molar-refractivity contribution in [2.75, 3.05) is 6.61 Å². The molecule has 0 aromatic carbocycles. The molecule has 2 rings (SSSR count). The van der Waals surface area contributed by atoms with Crippen LogP contribution in [0.1, 0.15) is 38.4 Å². The standard InChI is InChI=1S/C12H19N3O/c1-9-7-11(3-6-16-9)15-10(2)12-8-13-4-5-14-12/h4-5,8-11,15H,3,6-7H2,1-2H3. The molecule has 0 radical (unpaired) electrons. The van der Waals surface area contributed by atoms with Crippen LogP contribution in [0.15, 0.2) is 18.6 Å². The molecule has 0 saturated carbocycles. The first-order chi connectivity index (χ1) is 7.75. The average Bonchev–Trinajstić information content (AvgIpc) is 2.30. The number of hydrogen-bond acceptors (Lipinski definition) is 4. The Morgan fingerprint density at radius 2 is 2.38 bits per heavy atom. The first-order valence-electron chi connectivity index (χ1n) is 5.89. The largest absolute Gasteiger partial charge is 0.378 e. The number of nitrogens with one attached hydrogen (secondary N) is 1. The van der Waals surface area contributed by atoms with Crippen molar-refractivity contribution in [3.05, 3.63) is 24.3 Å². The summed E-state index contributed by atoms with van der Waals surface area (Å²) in [5.41, 5.74) is 1.00. The minimum Gasteiger partial charge on any atom is -0.378 e. The number of ether oxygens (including phenoxy) is 1. The lowest BCUT2D eigenvalue weighted by molar-refractivity contribution is 0.0115. The maximum absolute atomic E-state index is 5.53. The van der Waals surface area contributed by atoms with Gasteiger partial charge in [-0.1, -0.05) is 0 Å². The van der Waals surface area contributed by atoms with Crippen molar-refractivity contribution in [3.63, 3.8) is 0 Å². The Hall–Kier alpha value is -1.00. The van der Waals surface area contributed by atoms with Gasteiger partial charge in [-0.25, -0.2) is 0 Å². The van der Waals surface area contributed by atoms with Crippen LogP contribution in [0.25, 0.3) is 0 Å². The third-order valence-corrected chi connectivity index (χ3v) is 3.00. The fourth-order valence-electron chi connectivity index (χ4n) is 2.12. The van der Waals surface area contributed by atoms with Crippen LogP contribution in [0.3, 0.4) is 0 Å². The van der Waals surface area contributed by atoms with E-state index in [-0.39, 0.29) is 6.04 Å². The topological polar surface area (TPSA) is 47.0 Å². The molecule has 16 heavy (non-hydrogen) atoms. The van der Waals surface area contributed by atoms with Gasteiger partial charge in [-0.2, -0.15) is 0 Å². The van der Waals surface area contributed by atoms with E-state index in [9.17, 15) is 0 Å². The zero-order valence-corrected chi connectivity index (χ0v) is 9.89. The van der Waals surface area contributed by atoms with Gasteiger partial charge in [0.25, 0.3) is 0 Å². The van der Waals surface area contributed by atoms with Crippen molar-refractivity contribution in [2.45, 2.75) is 44.9 Å². The van der Waals surface area contributed by atoms with Crippen LogP contribution in [0.4, 0.5) is 0 Å². The van der Waals surface area contributed by atoms with Crippen LogP contribution in [-0.4, -0.2) is 28.7 Å². The van der Waals surface area contributed by atoms with E-state index in [0.717, 1.165) is 25.1 Å². The highest BCUT2D eigenvalue weighted by molar-refractivity contribution is 5.01. The van der Waals surface area contributed by atoms with Gasteiger partial charge in [0.2, 0.25) is 0 Å². The predicted molar refractivity (Wildman–Crippen MR) is 62.0 cm³/mol. The van der Waals surface area contributed by atoms with E-state index in [1.165, 1.54) is 0 Å². The Labute approximate surface area is 96.4 Å². The lowest BCUT2D eigenvalue weighted by Gasteiger charge is -2.30. The first-order valence-corrected chi connectivity index (χ1v) is 5.89. The Morgan fingerprint density at radius 3 is 3.06 bits per heavy atom. The summed E-state index contributed by atoms with van der Waals surface area (Å²) in [7, 11) is 0. The molecule has 1 saturated heterocycles. The fourth-order valence-corrected chi connectivity index (χ4v) is 2.12. The fraction of sp³-hybridized carbons (Fsp3) is 0.667. The normalized spacial score (nSPS) is 27.6. The molecule has 1 aromatic rings. The molecule has 4 nitrogen and oxygen atoms in total. The van der Waals surface area contributed by atoms with Crippen LogP contribution in [0, 0.1) is 0 Å². The second-order valence-electron chi connectivity index (χ2n) is 4.42. The first kappa shape index (κ1) is 11.5. The smallest absolute Gasteiger partial charge is 0.0753 e. The summed E-state index contributed by atoms with van der Waals surface area (Å²) in [6, 6.07) is 0.782. The van der Waals surface area contributed by atoms with Crippen LogP contribution in [0.2, 0.25) is 0 Å². The number of hydrogen-bond donors (Lipinski definition) is 1. The molecule has 88 valence electrons. The third kappa shape index (κ3) is 3.00. The Kier molecular flexibility index (Phi) is 3.85. The molecule has 2 heterocycles. The van der Waals surface area contributed by atoms with E-state index in [1.54, 1.807) is 12.4 Å². The lowest BCUT2D eigenvalue weighted by atomic mass is 10.0. The Bertz CT molecular complexity index is 317. The molecule has 3 unspecified atom stereocenters. The zero-order valence-electron chi connectivity index (χ0n) is 9.89. The molecule has 1 aliphatic heterocycles.